The van der Waals surface area contributed by atoms with Crippen LogP contribution in [0.25, 0.3) is 5.69 Å². The Balaban J connectivity index is 2.32. The molecular formula is C10H6F3N3O2. The van der Waals surface area contributed by atoms with Crippen LogP contribution in [0.15, 0.2) is 30.7 Å². The van der Waals surface area contributed by atoms with Gasteiger partial charge < -0.3 is 5.11 Å². The van der Waals surface area contributed by atoms with Gasteiger partial charge in [-0.2, -0.15) is 18.3 Å². The van der Waals surface area contributed by atoms with Gasteiger partial charge in [-0.15, -0.1) is 0 Å². The zero-order valence-corrected chi connectivity index (χ0v) is 8.72. The van der Waals surface area contributed by atoms with Gasteiger partial charge in [-0.1, -0.05) is 0 Å². The molecule has 0 amide bonds. The fourth-order valence-electron chi connectivity index (χ4n) is 1.26. The largest absolute Gasteiger partial charge is 0.477 e. The molecule has 2 aromatic rings. The van der Waals surface area contributed by atoms with E-state index in [0.29, 0.717) is 6.20 Å². The van der Waals surface area contributed by atoms with E-state index in [1.165, 1.54) is 12.1 Å². The lowest BCUT2D eigenvalue weighted by Crippen LogP contribution is -2.04. The molecule has 2 rings (SSSR count). The summed E-state index contributed by atoms with van der Waals surface area (Å²) in [6, 6.07) is 2.51. The highest BCUT2D eigenvalue weighted by atomic mass is 19.4. The summed E-state index contributed by atoms with van der Waals surface area (Å²) in [7, 11) is 0. The molecule has 0 atom stereocenters. The van der Waals surface area contributed by atoms with Gasteiger partial charge in [0.1, 0.15) is 5.69 Å². The number of aromatic nitrogens is 3. The molecule has 0 radical (unpaired) electrons. The summed E-state index contributed by atoms with van der Waals surface area (Å²) in [4.78, 5) is 14.1. The minimum Gasteiger partial charge on any atom is -0.477 e. The van der Waals surface area contributed by atoms with Gasteiger partial charge in [0.25, 0.3) is 0 Å². The van der Waals surface area contributed by atoms with Crippen LogP contribution in [0.3, 0.4) is 0 Å². The summed E-state index contributed by atoms with van der Waals surface area (Å²) >= 11 is 0. The molecule has 18 heavy (non-hydrogen) atoms. The van der Waals surface area contributed by atoms with Gasteiger partial charge in [-0.25, -0.2) is 14.5 Å². The second kappa shape index (κ2) is 4.13. The van der Waals surface area contributed by atoms with Gasteiger partial charge in [-0.05, 0) is 12.1 Å². The molecule has 2 aromatic heterocycles. The molecule has 5 nitrogen and oxygen atoms in total. The van der Waals surface area contributed by atoms with E-state index in [1.807, 2.05) is 0 Å². The van der Waals surface area contributed by atoms with E-state index in [2.05, 4.69) is 10.1 Å². The number of carbonyl (C=O) groups is 1. The summed E-state index contributed by atoms with van der Waals surface area (Å²) in [6.07, 6.45) is -1.84. The van der Waals surface area contributed by atoms with E-state index in [-0.39, 0.29) is 11.4 Å². The Labute approximate surface area is 98.5 Å². The molecule has 0 aliphatic rings. The average molecular weight is 257 g/mol. The molecule has 0 aliphatic heterocycles. The highest BCUT2D eigenvalue weighted by Gasteiger charge is 2.32. The van der Waals surface area contributed by atoms with Gasteiger partial charge in [-0.3, -0.25) is 0 Å². The predicted octanol–water partition coefficient (Wildman–Crippen LogP) is 1.98. The Kier molecular flexibility index (Phi) is 2.77. The topological polar surface area (TPSA) is 68.0 Å². The summed E-state index contributed by atoms with van der Waals surface area (Å²) in [6.45, 7) is 0. The molecule has 8 heteroatoms. The number of carboxylic acids is 1. The first-order valence-electron chi connectivity index (χ1n) is 4.69. The molecular weight excluding hydrogens is 251 g/mol. The van der Waals surface area contributed by atoms with Crippen LogP contribution in [0, 0.1) is 0 Å². The predicted molar refractivity (Wildman–Crippen MR) is 53.3 cm³/mol. The Morgan fingerprint density at radius 2 is 2.00 bits per heavy atom. The third-order valence-corrected chi connectivity index (χ3v) is 2.14. The van der Waals surface area contributed by atoms with Crippen LogP contribution in [0.2, 0.25) is 0 Å². The highest BCUT2D eigenvalue weighted by Crippen LogP contribution is 2.28. The van der Waals surface area contributed by atoms with Gasteiger partial charge in [0.15, 0.2) is 0 Å². The van der Waals surface area contributed by atoms with E-state index in [4.69, 9.17) is 5.11 Å². The number of aromatic carboxylic acids is 1. The van der Waals surface area contributed by atoms with Gasteiger partial charge in [0, 0.05) is 6.20 Å². The van der Waals surface area contributed by atoms with Crippen molar-refractivity contribution in [3.05, 3.63) is 42.0 Å². The second-order valence-electron chi connectivity index (χ2n) is 3.38. The SMILES string of the molecule is O=C(O)c1ccc(-n2cc(C(F)(F)F)cn2)cn1. The average Bonchev–Trinajstić information content (AvgIpc) is 2.78. The number of hydrogen-bond acceptors (Lipinski definition) is 3. The molecule has 2 heterocycles. The lowest BCUT2D eigenvalue weighted by molar-refractivity contribution is -0.137. The monoisotopic (exact) mass is 257 g/mol. The first-order valence-corrected chi connectivity index (χ1v) is 4.69. The van der Waals surface area contributed by atoms with Crippen molar-refractivity contribution in [3.63, 3.8) is 0 Å². The number of nitrogens with zero attached hydrogens (tertiary/aromatic N) is 3. The normalized spacial score (nSPS) is 11.5. The molecule has 0 saturated carbocycles. The molecule has 1 N–H and O–H groups in total. The van der Waals surface area contributed by atoms with Gasteiger partial charge >= 0.3 is 12.1 Å². The first-order chi connectivity index (χ1) is 8.38. The lowest BCUT2D eigenvalue weighted by Gasteiger charge is -2.02. The molecule has 94 valence electrons. The van der Waals surface area contributed by atoms with E-state index < -0.39 is 17.7 Å². The molecule has 0 unspecified atom stereocenters. The Morgan fingerprint density at radius 3 is 2.44 bits per heavy atom. The fourth-order valence-corrected chi connectivity index (χ4v) is 1.26. The van der Waals surface area contributed by atoms with E-state index in [1.54, 1.807) is 0 Å². The minimum atomic E-state index is -4.47. The maximum atomic E-state index is 12.3. The fraction of sp³-hybridized carbons (Fsp3) is 0.100. The number of carboxylic acid groups (broad SMARTS) is 1. The zero-order valence-electron chi connectivity index (χ0n) is 8.72. The number of halogens is 3. The van der Waals surface area contributed by atoms with Crippen molar-refractivity contribution < 1.29 is 23.1 Å². The lowest BCUT2D eigenvalue weighted by atomic mass is 10.3. The number of hydrogen-bond donors (Lipinski definition) is 1. The second-order valence-corrected chi connectivity index (χ2v) is 3.38. The van der Waals surface area contributed by atoms with Crippen molar-refractivity contribution in [3.8, 4) is 5.69 Å². The Hall–Kier alpha value is -2.38. The summed E-state index contributed by atoms with van der Waals surface area (Å²) in [5, 5.41) is 12.2. The van der Waals surface area contributed by atoms with Crippen LogP contribution >= 0.6 is 0 Å². The molecule has 0 aliphatic carbocycles. The van der Waals surface area contributed by atoms with Gasteiger partial charge in [0.05, 0.1) is 23.6 Å². The highest BCUT2D eigenvalue weighted by molar-refractivity contribution is 5.85. The Morgan fingerprint density at radius 1 is 1.28 bits per heavy atom. The van der Waals surface area contributed by atoms with Crippen LogP contribution in [-0.2, 0) is 6.18 Å². The third kappa shape index (κ3) is 2.31. The van der Waals surface area contributed by atoms with Crippen LogP contribution in [0.4, 0.5) is 13.2 Å². The van der Waals surface area contributed by atoms with E-state index in [9.17, 15) is 18.0 Å². The third-order valence-electron chi connectivity index (χ3n) is 2.14. The van der Waals surface area contributed by atoms with Crippen LogP contribution < -0.4 is 0 Å². The van der Waals surface area contributed by atoms with Crippen molar-refractivity contribution in [2.24, 2.45) is 0 Å². The van der Waals surface area contributed by atoms with Crippen molar-refractivity contribution in [2.75, 3.05) is 0 Å². The van der Waals surface area contributed by atoms with Crippen molar-refractivity contribution in [1.82, 2.24) is 14.8 Å². The van der Waals surface area contributed by atoms with E-state index >= 15 is 0 Å². The summed E-state index contributed by atoms with van der Waals surface area (Å²) < 4.78 is 38.0. The smallest absolute Gasteiger partial charge is 0.419 e. The van der Waals surface area contributed by atoms with Crippen LogP contribution in [-0.4, -0.2) is 25.8 Å². The Bertz CT molecular complexity index is 575. The maximum absolute atomic E-state index is 12.3. The van der Waals surface area contributed by atoms with Crippen LogP contribution in [0.1, 0.15) is 16.1 Å². The molecule has 0 fully saturated rings. The van der Waals surface area contributed by atoms with Crippen LogP contribution in [0.5, 0.6) is 0 Å². The number of alkyl halides is 3. The van der Waals surface area contributed by atoms with Crippen molar-refractivity contribution >= 4 is 5.97 Å². The number of pyridine rings is 1. The first kappa shape index (κ1) is 12.1. The molecule has 0 aromatic carbocycles. The zero-order chi connectivity index (χ0) is 13.3. The summed E-state index contributed by atoms with van der Waals surface area (Å²) in [5.74, 6) is -1.21. The molecule has 0 spiro atoms. The molecule has 0 bridgehead atoms. The summed E-state index contributed by atoms with van der Waals surface area (Å²) in [5.41, 5.74) is -0.831. The standard InChI is InChI=1S/C10H6F3N3O2/c11-10(12,13)6-3-15-16(5-6)7-1-2-8(9(17)18)14-4-7/h1-5H,(H,17,18). The van der Waals surface area contributed by atoms with E-state index in [0.717, 1.165) is 17.1 Å². The number of rotatable bonds is 2. The minimum absolute atomic E-state index is 0.193. The van der Waals surface area contributed by atoms with Crippen molar-refractivity contribution in [2.45, 2.75) is 6.18 Å². The maximum Gasteiger partial charge on any atom is 0.419 e. The van der Waals surface area contributed by atoms with Gasteiger partial charge in [0.2, 0.25) is 0 Å². The van der Waals surface area contributed by atoms with Crippen molar-refractivity contribution in [1.29, 1.82) is 0 Å². The molecule has 0 saturated heterocycles. The quantitative estimate of drug-likeness (QED) is 0.893.